The van der Waals surface area contributed by atoms with Crippen molar-refractivity contribution in [2.45, 2.75) is 70.4 Å². The van der Waals surface area contributed by atoms with Crippen molar-refractivity contribution in [1.82, 2.24) is 5.06 Å². The van der Waals surface area contributed by atoms with Crippen LogP contribution in [-0.2, 0) is 47.9 Å². The zero-order valence-electron chi connectivity index (χ0n) is 33.3. The lowest BCUT2D eigenvalue weighted by Crippen LogP contribution is -2.66. The number of halogens is 1. The van der Waals surface area contributed by atoms with E-state index in [0.717, 1.165) is 11.1 Å². The van der Waals surface area contributed by atoms with Crippen molar-refractivity contribution in [3.63, 3.8) is 0 Å². The Labute approximate surface area is 345 Å². The Bertz CT molecular complexity index is 2000. The maximum Gasteiger partial charge on any atom is 0.321 e. The summed E-state index contributed by atoms with van der Waals surface area (Å²) in [5.41, 5.74) is 0.198. The van der Waals surface area contributed by atoms with Gasteiger partial charge in [-0.2, -0.15) is 5.06 Å². The second-order valence-electron chi connectivity index (χ2n) is 15.4. The predicted molar refractivity (Wildman–Crippen MR) is 226 cm³/mol. The fourth-order valence-electron chi connectivity index (χ4n) is 7.93. The van der Waals surface area contributed by atoms with E-state index in [0.29, 0.717) is 54.1 Å². The molecule has 0 unspecified atom stereocenters. The number of methoxy groups -OCH3 is 2. The van der Waals surface area contributed by atoms with Gasteiger partial charge in [-0.15, -0.1) is 0 Å². The number of benzene rings is 4. The van der Waals surface area contributed by atoms with E-state index in [1.165, 1.54) is 17.5 Å². The summed E-state index contributed by atoms with van der Waals surface area (Å²) in [7, 11) is 0.187. The first-order valence-electron chi connectivity index (χ1n) is 19.3. The molecule has 0 N–H and O–H groups in total. The molecule has 1 aromatic heterocycles. The molecule has 0 amide bonds. The summed E-state index contributed by atoms with van der Waals surface area (Å²) >= 11 is 3.74. The second-order valence-corrected chi connectivity index (χ2v) is 20.6. The molecule has 0 aliphatic carbocycles. The Morgan fingerprint density at radius 2 is 1.51 bits per heavy atom. The van der Waals surface area contributed by atoms with Gasteiger partial charge in [0.2, 0.25) is 0 Å². The molecule has 1 aliphatic heterocycles. The van der Waals surface area contributed by atoms with Gasteiger partial charge in [0.15, 0.2) is 5.41 Å². The highest BCUT2D eigenvalue weighted by Crippen LogP contribution is 2.50. The van der Waals surface area contributed by atoms with Crippen LogP contribution in [0.5, 0.6) is 5.75 Å². The SMILES string of the molecule is COC(=O)[C@@]1(C=O)C[C@H](COCc2ccccc2)ON(Cc2ccc(OC)cc2)[C@@H]1c1oc(CCCO[Si](c2ccccc2)(c2ccccc2)C(C)(C)C)cc1Br. The van der Waals surface area contributed by atoms with Crippen LogP contribution < -0.4 is 15.1 Å². The number of hydroxylamine groups is 2. The van der Waals surface area contributed by atoms with Gasteiger partial charge >= 0.3 is 5.97 Å². The normalized spacial score (nSPS) is 18.9. The Hall–Kier alpha value is -4.36. The molecule has 2 heterocycles. The number of hydrogen-bond acceptors (Lipinski definition) is 9. The highest BCUT2D eigenvalue weighted by atomic mass is 79.9. The fourth-order valence-corrected chi connectivity index (χ4v) is 13.1. The molecule has 3 atom stereocenters. The summed E-state index contributed by atoms with van der Waals surface area (Å²) in [6, 6.07) is 39.4. The number of hydrogen-bond donors (Lipinski definition) is 0. The summed E-state index contributed by atoms with van der Waals surface area (Å²) < 4.78 is 31.2. The molecule has 4 aromatic carbocycles. The molecule has 300 valence electrons. The van der Waals surface area contributed by atoms with Crippen LogP contribution in [0.2, 0.25) is 5.04 Å². The van der Waals surface area contributed by atoms with Crippen LogP contribution in [0.15, 0.2) is 130 Å². The fraction of sp³-hybridized carbons (Fsp3) is 0.348. The van der Waals surface area contributed by atoms with E-state index in [-0.39, 0.29) is 24.6 Å². The molecule has 9 nitrogen and oxygen atoms in total. The van der Waals surface area contributed by atoms with Crippen molar-refractivity contribution in [3.8, 4) is 5.75 Å². The highest BCUT2D eigenvalue weighted by Gasteiger charge is 2.58. The Kier molecular flexibility index (Phi) is 14.0. The molecular formula is C46H52BrNO8Si. The molecule has 0 spiro atoms. The van der Waals surface area contributed by atoms with Crippen molar-refractivity contribution >= 4 is 46.9 Å². The molecule has 1 fully saturated rings. The first-order chi connectivity index (χ1) is 27.5. The molecule has 0 saturated carbocycles. The van der Waals surface area contributed by atoms with Crippen molar-refractivity contribution in [2.24, 2.45) is 5.41 Å². The van der Waals surface area contributed by atoms with Gasteiger partial charge in [-0.05, 0) is 67.1 Å². The van der Waals surface area contributed by atoms with E-state index in [2.05, 4.69) is 85.2 Å². The second kappa shape index (κ2) is 18.9. The van der Waals surface area contributed by atoms with Crippen LogP contribution in [-0.4, -0.2) is 59.2 Å². The Morgan fingerprint density at radius 1 is 0.895 bits per heavy atom. The standard InChI is InChI=1S/C46H52BrNO8Si/c1-45(2,3)57(39-19-11-7-12-20-39,40-21-13-8-14-22-40)54-27-15-18-37-28-41(47)42(55-37)43-46(33-49,44(50)52-5)29-38(32-53-31-35-16-9-6-10-17-35)56-48(43)30-34-23-25-36(51-4)26-24-34/h6-14,16-17,19-26,28,33,38,43H,15,18,27,29-32H2,1-5H3/t38-,43-,46-/m1/s1. The van der Waals surface area contributed by atoms with E-state index in [1.54, 1.807) is 12.2 Å². The van der Waals surface area contributed by atoms with Gasteiger partial charge in [-0.1, -0.05) is 124 Å². The summed E-state index contributed by atoms with van der Waals surface area (Å²) in [5, 5.41) is 3.95. The van der Waals surface area contributed by atoms with Gasteiger partial charge < -0.3 is 27.8 Å². The third-order valence-electron chi connectivity index (χ3n) is 10.6. The Morgan fingerprint density at radius 3 is 2.07 bits per heavy atom. The van der Waals surface area contributed by atoms with Gasteiger partial charge in [-0.3, -0.25) is 9.63 Å². The average Bonchev–Trinajstić information content (AvgIpc) is 3.60. The summed E-state index contributed by atoms with van der Waals surface area (Å²) in [5.74, 6) is 1.11. The van der Waals surface area contributed by atoms with E-state index in [4.69, 9.17) is 27.9 Å². The molecule has 0 bridgehead atoms. The number of furan rings is 1. The van der Waals surface area contributed by atoms with Crippen LogP contribution in [0.25, 0.3) is 0 Å². The molecule has 11 heteroatoms. The van der Waals surface area contributed by atoms with E-state index in [1.807, 2.05) is 72.8 Å². The van der Waals surface area contributed by atoms with Gasteiger partial charge in [0.25, 0.3) is 8.32 Å². The van der Waals surface area contributed by atoms with Crippen molar-refractivity contribution in [1.29, 1.82) is 0 Å². The molecule has 0 radical (unpaired) electrons. The predicted octanol–water partition coefficient (Wildman–Crippen LogP) is 8.38. The smallest absolute Gasteiger partial charge is 0.321 e. The van der Waals surface area contributed by atoms with Crippen LogP contribution >= 0.6 is 15.9 Å². The van der Waals surface area contributed by atoms with Crippen LogP contribution in [0.1, 0.15) is 62.3 Å². The number of carbonyl (C=O) groups excluding carboxylic acids is 2. The first-order valence-corrected chi connectivity index (χ1v) is 22.0. The van der Waals surface area contributed by atoms with E-state index >= 15 is 0 Å². The molecule has 1 saturated heterocycles. The molecule has 5 aromatic rings. The number of esters is 1. The van der Waals surface area contributed by atoms with Crippen LogP contribution in [0.4, 0.5) is 0 Å². The maximum atomic E-state index is 13.9. The molecule has 1 aliphatic rings. The lowest BCUT2D eigenvalue weighted by Gasteiger charge is -2.46. The van der Waals surface area contributed by atoms with Gasteiger partial charge in [0, 0.05) is 26.0 Å². The third-order valence-corrected chi connectivity index (χ3v) is 16.3. The van der Waals surface area contributed by atoms with E-state index < -0.39 is 31.8 Å². The van der Waals surface area contributed by atoms with Crippen LogP contribution in [0.3, 0.4) is 0 Å². The number of nitrogens with zero attached hydrogens (tertiary/aromatic N) is 1. The van der Waals surface area contributed by atoms with E-state index in [9.17, 15) is 9.59 Å². The minimum atomic E-state index is -2.72. The largest absolute Gasteiger partial charge is 0.497 e. The number of carbonyl (C=O) groups is 2. The minimum absolute atomic E-state index is 0.0243. The van der Waals surface area contributed by atoms with Crippen molar-refractivity contribution in [2.75, 3.05) is 27.4 Å². The third kappa shape index (κ3) is 9.35. The number of rotatable bonds is 17. The molecular weight excluding hydrogens is 802 g/mol. The molecule has 6 rings (SSSR count). The first kappa shape index (κ1) is 42.2. The number of aldehydes is 1. The quantitative estimate of drug-likeness (QED) is 0.0301. The van der Waals surface area contributed by atoms with Crippen LogP contribution in [0, 0.1) is 5.41 Å². The van der Waals surface area contributed by atoms with Gasteiger partial charge in [0.1, 0.15) is 35.7 Å². The summed E-state index contributed by atoms with van der Waals surface area (Å²) in [6.07, 6.45) is 1.31. The lowest BCUT2D eigenvalue weighted by atomic mass is 9.74. The maximum absolute atomic E-state index is 13.9. The van der Waals surface area contributed by atoms with Crippen molar-refractivity contribution in [3.05, 3.63) is 148 Å². The monoisotopic (exact) mass is 853 g/mol. The number of aryl methyl sites for hydroxylation is 1. The highest BCUT2D eigenvalue weighted by molar-refractivity contribution is 9.10. The van der Waals surface area contributed by atoms with Crippen molar-refractivity contribution < 1.29 is 37.5 Å². The van der Waals surface area contributed by atoms with Gasteiger partial charge in [-0.25, -0.2) is 0 Å². The topological polar surface area (TPSA) is 96.7 Å². The Balaban J connectivity index is 1.27. The lowest BCUT2D eigenvalue weighted by molar-refractivity contribution is -0.296. The number of ether oxygens (including phenoxy) is 3. The zero-order chi connectivity index (χ0) is 40.5. The summed E-state index contributed by atoms with van der Waals surface area (Å²) in [6.45, 7) is 8.01. The zero-order valence-corrected chi connectivity index (χ0v) is 35.9. The average molecular weight is 855 g/mol. The molecule has 57 heavy (non-hydrogen) atoms. The minimum Gasteiger partial charge on any atom is -0.497 e. The van der Waals surface area contributed by atoms with Gasteiger partial charge in [0.05, 0.1) is 31.9 Å². The summed E-state index contributed by atoms with van der Waals surface area (Å²) in [4.78, 5) is 34.0.